The Bertz CT molecular complexity index is 351. The first-order valence-corrected chi connectivity index (χ1v) is 11.3. The average molecular weight is 369 g/mol. The van der Waals surface area contributed by atoms with E-state index in [1.165, 1.54) is 38.5 Å². The molecule has 2 atom stereocenters. The first-order chi connectivity index (χ1) is 12.6. The zero-order valence-electron chi connectivity index (χ0n) is 17.7. The van der Waals surface area contributed by atoms with Gasteiger partial charge in [-0.2, -0.15) is 0 Å². The lowest BCUT2D eigenvalue weighted by Crippen LogP contribution is -2.25. The Morgan fingerprint density at radius 2 is 1.15 bits per heavy atom. The summed E-state index contributed by atoms with van der Waals surface area (Å²) in [5.74, 6) is -0.539. The van der Waals surface area contributed by atoms with Crippen LogP contribution in [0.4, 0.5) is 0 Å². The van der Waals surface area contributed by atoms with Gasteiger partial charge in [-0.1, -0.05) is 85.0 Å². The number of carboxylic acid groups (broad SMARTS) is 1. The van der Waals surface area contributed by atoms with Crippen molar-refractivity contribution < 1.29 is 14.7 Å². The largest absolute Gasteiger partial charge is 0.481 e. The number of carboxylic acids is 1. The van der Waals surface area contributed by atoms with Crippen molar-refractivity contribution in [1.29, 1.82) is 0 Å². The molecule has 0 spiro atoms. The van der Waals surface area contributed by atoms with Gasteiger partial charge < -0.3 is 5.11 Å². The fourth-order valence-corrected chi connectivity index (χ4v) is 3.79. The van der Waals surface area contributed by atoms with E-state index in [-0.39, 0.29) is 17.6 Å². The second-order valence-corrected chi connectivity index (χ2v) is 7.94. The van der Waals surface area contributed by atoms with E-state index in [2.05, 4.69) is 20.8 Å². The molecule has 0 heterocycles. The van der Waals surface area contributed by atoms with Crippen molar-refractivity contribution in [2.75, 3.05) is 0 Å². The minimum atomic E-state index is -0.694. The summed E-state index contributed by atoms with van der Waals surface area (Å²) in [5, 5.41) is 9.75. The van der Waals surface area contributed by atoms with Crippen LogP contribution in [0.1, 0.15) is 124 Å². The Labute approximate surface area is 162 Å². The smallest absolute Gasteiger partial charge is 0.306 e. The summed E-state index contributed by atoms with van der Waals surface area (Å²) in [6.07, 6.45) is 16.3. The van der Waals surface area contributed by atoms with Crippen LogP contribution in [0, 0.1) is 11.8 Å². The van der Waals surface area contributed by atoms with Gasteiger partial charge in [0.25, 0.3) is 0 Å². The standard InChI is InChI=1S/C23H44O3/c1-4-7-10-13-16-20(15-12-9-6-3)22(23(25)26)19-18-21(24)17-14-11-8-5-2/h20,22H,4-19H2,1-3H3,(H,25,26). The fourth-order valence-electron chi connectivity index (χ4n) is 3.79. The molecule has 0 saturated heterocycles. The van der Waals surface area contributed by atoms with E-state index in [0.29, 0.717) is 19.3 Å². The predicted molar refractivity (Wildman–Crippen MR) is 111 cm³/mol. The van der Waals surface area contributed by atoms with Gasteiger partial charge in [-0.3, -0.25) is 9.59 Å². The molecule has 0 aliphatic carbocycles. The zero-order valence-corrected chi connectivity index (χ0v) is 17.7. The van der Waals surface area contributed by atoms with E-state index < -0.39 is 5.97 Å². The number of carbonyl (C=O) groups is 2. The summed E-state index contributed by atoms with van der Waals surface area (Å²) in [7, 11) is 0. The SMILES string of the molecule is CCCCCCC(=O)CCC(C(=O)O)C(CCCCC)CCCCCC. The lowest BCUT2D eigenvalue weighted by molar-refractivity contribution is -0.144. The van der Waals surface area contributed by atoms with Crippen LogP contribution in [0.2, 0.25) is 0 Å². The molecule has 0 aromatic heterocycles. The van der Waals surface area contributed by atoms with E-state index in [0.717, 1.165) is 44.9 Å². The topological polar surface area (TPSA) is 54.4 Å². The van der Waals surface area contributed by atoms with E-state index in [9.17, 15) is 14.7 Å². The van der Waals surface area contributed by atoms with Crippen LogP contribution in [-0.2, 0) is 9.59 Å². The molecule has 2 unspecified atom stereocenters. The van der Waals surface area contributed by atoms with Gasteiger partial charge in [0.2, 0.25) is 0 Å². The zero-order chi connectivity index (χ0) is 19.6. The van der Waals surface area contributed by atoms with Crippen LogP contribution in [0.3, 0.4) is 0 Å². The Morgan fingerprint density at radius 3 is 1.69 bits per heavy atom. The Balaban J connectivity index is 4.50. The van der Waals surface area contributed by atoms with Gasteiger partial charge in [0, 0.05) is 12.8 Å². The van der Waals surface area contributed by atoms with Crippen molar-refractivity contribution in [2.45, 2.75) is 124 Å². The summed E-state index contributed by atoms with van der Waals surface area (Å²) >= 11 is 0. The fraction of sp³-hybridized carbons (Fsp3) is 0.913. The normalized spacial score (nSPS) is 13.5. The van der Waals surface area contributed by atoms with E-state index in [1.807, 2.05) is 0 Å². The third kappa shape index (κ3) is 13.4. The number of hydrogen-bond donors (Lipinski definition) is 1. The van der Waals surface area contributed by atoms with Gasteiger partial charge in [-0.05, 0) is 31.6 Å². The molecular weight excluding hydrogens is 324 g/mol. The number of rotatable bonds is 19. The molecule has 0 radical (unpaired) electrons. The Morgan fingerprint density at radius 1 is 0.654 bits per heavy atom. The summed E-state index contributed by atoms with van der Waals surface area (Å²) < 4.78 is 0. The molecular formula is C23H44O3. The van der Waals surface area contributed by atoms with Gasteiger partial charge in [0.15, 0.2) is 0 Å². The second-order valence-electron chi connectivity index (χ2n) is 7.94. The highest BCUT2D eigenvalue weighted by Gasteiger charge is 2.27. The highest BCUT2D eigenvalue weighted by atomic mass is 16.4. The number of carbonyl (C=O) groups excluding carboxylic acids is 1. The van der Waals surface area contributed by atoms with Gasteiger partial charge in [0.05, 0.1) is 5.92 Å². The third-order valence-electron chi connectivity index (χ3n) is 5.54. The number of aliphatic carboxylic acids is 1. The third-order valence-corrected chi connectivity index (χ3v) is 5.54. The van der Waals surface area contributed by atoms with Crippen LogP contribution < -0.4 is 0 Å². The minimum absolute atomic E-state index is 0.240. The van der Waals surface area contributed by atoms with Crippen LogP contribution in [0.25, 0.3) is 0 Å². The van der Waals surface area contributed by atoms with Crippen molar-refractivity contribution >= 4 is 11.8 Å². The Hall–Kier alpha value is -0.860. The van der Waals surface area contributed by atoms with Crippen molar-refractivity contribution in [3.05, 3.63) is 0 Å². The van der Waals surface area contributed by atoms with Crippen LogP contribution >= 0.6 is 0 Å². The van der Waals surface area contributed by atoms with Crippen LogP contribution in [-0.4, -0.2) is 16.9 Å². The maximum absolute atomic E-state index is 12.1. The monoisotopic (exact) mass is 368 g/mol. The summed E-state index contributed by atoms with van der Waals surface area (Å²) in [6, 6.07) is 0. The van der Waals surface area contributed by atoms with Crippen molar-refractivity contribution in [3.8, 4) is 0 Å². The molecule has 154 valence electrons. The van der Waals surface area contributed by atoms with Gasteiger partial charge >= 0.3 is 5.97 Å². The molecule has 0 aliphatic heterocycles. The highest BCUT2D eigenvalue weighted by molar-refractivity contribution is 5.79. The number of Topliss-reactive ketones (excluding diaryl/α,β-unsaturated/α-hetero) is 1. The van der Waals surface area contributed by atoms with Crippen molar-refractivity contribution in [1.82, 2.24) is 0 Å². The molecule has 0 fully saturated rings. The Kier molecular flexibility index (Phi) is 17.0. The molecule has 0 saturated carbocycles. The molecule has 3 heteroatoms. The summed E-state index contributed by atoms with van der Waals surface area (Å²) in [6.45, 7) is 6.55. The average Bonchev–Trinajstić information content (AvgIpc) is 2.61. The molecule has 0 bridgehead atoms. The molecule has 0 aromatic carbocycles. The predicted octanol–water partition coefficient (Wildman–Crippen LogP) is 7.17. The minimum Gasteiger partial charge on any atom is -0.481 e. The molecule has 3 nitrogen and oxygen atoms in total. The number of unbranched alkanes of at least 4 members (excludes halogenated alkanes) is 8. The molecule has 0 amide bonds. The highest BCUT2D eigenvalue weighted by Crippen LogP contribution is 2.29. The van der Waals surface area contributed by atoms with Crippen molar-refractivity contribution in [2.24, 2.45) is 11.8 Å². The van der Waals surface area contributed by atoms with Gasteiger partial charge in [0.1, 0.15) is 5.78 Å². The van der Waals surface area contributed by atoms with Crippen LogP contribution in [0.5, 0.6) is 0 Å². The molecule has 1 N–H and O–H groups in total. The van der Waals surface area contributed by atoms with Crippen LogP contribution in [0.15, 0.2) is 0 Å². The second kappa shape index (κ2) is 17.5. The number of ketones is 1. The first-order valence-electron chi connectivity index (χ1n) is 11.3. The van der Waals surface area contributed by atoms with E-state index in [1.54, 1.807) is 0 Å². The molecule has 0 aliphatic rings. The lowest BCUT2D eigenvalue weighted by Gasteiger charge is -2.24. The molecule has 0 rings (SSSR count). The summed E-state index contributed by atoms with van der Waals surface area (Å²) in [4.78, 5) is 24.0. The maximum atomic E-state index is 12.1. The molecule has 0 aromatic rings. The first kappa shape index (κ1) is 25.1. The van der Waals surface area contributed by atoms with Crippen molar-refractivity contribution in [3.63, 3.8) is 0 Å². The van der Waals surface area contributed by atoms with Gasteiger partial charge in [-0.25, -0.2) is 0 Å². The lowest BCUT2D eigenvalue weighted by atomic mass is 9.80. The van der Waals surface area contributed by atoms with E-state index in [4.69, 9.17) is 0 Å². The van der Waals surface area contributed by atoms with Gasteiger partial charge in [-0.15, -0.1) is 0 Å². The number of hydrogen-bond acceptors (Lipinski definition) is 2. The maximum Gasteiger partial charge on any atom is 0.306 e. The summed E-state index contributed by atoms with van der Waals surface area (Å²) in [5.41, 5.74) is 0. The quantitative estimate of drug-likeness (QED) is 0.246. The molecule has 26 heavy (non-hydrogen) atoms. The van der Waals surface area contributed by atoms with E-state index >= 15 is 0 Å².